The van der Waals surface area contributed by atoms with Gasteiger partial charge in [-0.3, -0.25) is 9.59 Å². The average Bonchev–Trinajstić information content (AvgIpc) is 3.17. The molecule has 1 fully saturated rings. The van der Waals surface area contributed by atoms with Crippen molar-refractivity contribution in [1.82, 2.24) is 30.2 Å². The average molecular weight is 453 g/mol. The molecule has 9 nitrogen and oxygen atoms in total. The zero-order valence-corrected chi connectivity index (χ0v) is 19.7. The molecule has 3 aromatic heterocycles. The molecule has 0 spiro atoms. The number of rotatable bonds is 7. The molecule has 176 valence electrons. The summed E-state index contributed by atoms with van der Waals surface area (Å²) in [5.74, 6) is 0.718. The minimum atomic E-state index is -0.270. The van der Waals surface area contributed by atoms with E-state index in [1.165, 1.54) is 13.4 Å². The van der Waals surface area contributed by atoms with E-state index in [9.17, 15) is 9.59 Å². The van der Waals surface area contributed by atoms with Crippen molar-refractivity contribution < 1.29 is 9.53 Å². The Kier molecular flexibility index (Phi) is 6.78. The van der Waals surface area contributed by atoms with Crippen molar-refractivity contribution in [2.45, 2.75) is 52.6 Å². The highest BCUT2D eigenvalue weighted by molar-refractivity contribution is 6.07. The standard InChI is InChI=1S/C24H32N6O3/c1-5-19-21(24(32)27-12-17-20(33-4)10-14(2)29-23(17)31)18-11-26-13-28-22(18)30(19)15(3)16-6-8-25-9-7-16/h10-11,13,15-16,25H,5-9,12H2,1-4H3,(H,27,32)(H,29,31). The molecule has 1 aliphatic heterocycles. The van der Waals surface area contributed by atoms with E-state index in [2.05, 4.69) is 44.0 Å². The molecule has 33 heavy (non-hydrogen) atoms. The summed E-state index contributed by atoms with van der Waals surface area (Å²) in [6.45, 7) is 8.13. The van der Waals surface area contributed by atoms with Crippen LogP contribution in [0.4, 0.5) is 0 Å². The van der Waals surface area contributed by atoms with Crippen LogP contribution in [0.5, 0.6) is 5.75 Å². The van der Waals surface area contributed by atoms with Gasteiger partial charge in [-0.05, 0) is 58.2 Å². The van der Waals surface area contributed by atoms with Crippen LogP contribution >= 0.6 is 0 Å². The van der Waals surface area contributed by atoms with Crippen LogP contribution in [0.25, 0.3) is 11.0 Å². The Morgan fingerprint density at radius 2 is 2.12 bits per heavy atom. The largest absolute Gasteiger partial charge is 0.496 e. The van der Waals surface area contributed by atoms with Crippen LogP contribution in [0, 0.1) is 12.8 Å². The summed E-state index contributed by atoms with van der Waals surface area (Å²) in [7, 11) is 1.52. The third kappa shape index (κ3) is 4.37. The topological polar surface area (TPSA) is 114 Å². The zero-order chi connectivity index (χ0) is 23.5. The fraction of sp³-hybridized carbons (Fsp3) is 0.500. The third-order valence-corrected chi connectivity index (χ3v) is 6.68. The van der Waals surface area contributed by atoms with E-state index in [1.54, 1.807) is 19.2 Å². The number of methoxy groups -OCH3 is 1. The minimum Gasteiger partial charge on any atom is -0.496 e. The first-order valence-corrected chi connectivity index (χ1v) is 11.5. The quantitative estimate of drug-likeness (QED) is 0.508. The molecular formula is C24H32N6O3. The number of carbonyl (C=O) groups is 1. The molecule has 0 aliphatic carbocycles. The monoisotopic (exact) mass is 452 g/mol. The number of nitrogens with one attached hydrogen (secondary N) is 3. The molecule has 4 heterocycles. The molecule has 9 heteroatoms. The van der Waals surface area contributed by atoms with E-state index >= 15 is 0 Å². The first-order valence-electron chi connectivity index (χ1n) is 11.5. The highest BCUT2D eigenvalue weighted by Crippen LogP contribution is 2.34. The second-order valence-electron chi connectivity index (χ2n) is 8.64. The molecule has 0 radical (unpaired) electrons. The predicted octanol–water partition coefficient (Wildman–Crippen LogP) is 2.49. The van der Waals surface area contributed by atoms with Crippen molar-refractivity contribution in [2.75, 3.05) is 20.2 Å². The van der Waals surface area contributed by atoms with Crippen LogP contribution in [0.2, 0.25) is 0 Å². The number of aryl methyl sites for hydroxylation is 1. The Balaban J connectivity index is 1.71. The molecule has 1 atom stereocenters. The van der Waals surface area contributed by atoms with Gasteiger partial charge in [-0.25, -0.2) is 9.97 Å². The van der Waals surface area contributed by atoms with Gasteiger partial charge in [0.2, 0.25) is 0 Å². The zero-order valence-electron chi connectivity index (χ0n) is 19.7. The summed E-state index contributed by atoms with van der Waals surface area (Å²) in [4.78, 5) is 37.4. The Bertz CT molecular complexity index is 1210. The number of nitrogens with zero attached hydrogens (tertiary/aromatic N) is 3. The van der Waals surface area contributed by atoms with Gasteiger partial charge in [0.25, 0.3) is 11.5 Å². The highest BCUT2D eigenvalue weighted by Gasteiger charge is 2.29. The maximum Gasteiger partial charge on any atom is 0.256 e. The molecule has 4 rings (SSSR count). The van der Waals surface area contributed by atoms with Crippen LogP contribution in [-0.4, -0.2) is 45.6 Å². The van der Waals surface area contributed by atoms with Gasteiger partial charge in [0.05, 0.1) is 30.2 Å². The van der Waals surface area contributed by atoms with Crippen LogP contribution in [0.15, 0.2) is 23.4 Å². The Morgan fingerprint density at radius 1 is 1.36 bits per heavy atom. The van der Waals surface area contributed by atoms with Gasteiger partial charge in [-0.15, -0.1) is 0 Å². The molecule has 3 N–H and O–H groups in total. The number of pyridine rings is 1. The molecule has 1 saturated heterocycles. The second kappa shape index (κ2) is 9.74. The summed E-state index contributed by atoms with van der Waals surface area (Å²) in [5.41, 5.74) is 3.12. The van der Waals surface area contributed by atoms with Gasteiger partial charge in [-0.2, -0.15) is 0 Å². The van der Waals surface area contributed by atoms with E-state index in [0.29, 0.717) is 34.9 Å². The summed E-state index contributed by atoms with van der Waals surface area (Å²) < 4.78 is 7.59. The first kappa shape index (κ1) is 23.0. The van der Waals surface area contributed by atoms with Gasteiger partial charge >= 0.3 is 0 Å². The van der Waals surface area contributed by atoms with E-state index in [4.69, 9.17) is 4.74 Å². The van der Waals surface area contributed by atoms with Crippen LogP contribution < -0.4 is 20.9 Å². The molecule has 3 aromatic rings. The van der Waals surface area contributed by atoms with Gasteiger partial charge in [0.1, 0.15) is 17.7 Å². The van der Waals surface area contributed by atoms with E-state index in [1.807, 2.05) is 0 Å². The van der Waals surface area contributed by atoms with Crippen molar-refractivity contribution in [3.63, 3.8) is 0 Å². The number of hydrogen-bond donors (Lipinski definition) is 3. The molecule has 0 bridgehead atoms. The molecule has 1 unspecified atom stereocenters. The highest BCUT2D eigenvalue weighted by atomic mass is 16.5. The van der Waals surface area contributed by atoms with Gasteiger partial charge in [0.15, 0.2) is 0 Å². The van der Waals surface area contributed by atoms with E-state index in [-0.39, 0.29) is 24.1 Å². The molecule has 1 aliphatic rings. The maximum absolute atomic E-state index is 13.5. The van der Waals surface area contributed by atoms with Gasteiger partial charge in [0, 0.05) is 23.6 Å². The first-order chi connectivity index (χ1) is 16.0. The lowest BCUT2D eigenvalue weighted by atomic mass is 9.91. The summed E-state index contributed by atoms with van der Waals surface area (Å²) >= 11 is 0. The number of ether oxygens (including phenoxy) is 1. The Morgan fingerprint density at radius 3 is 2.82 bits per heavy atom. The number of H-pyrrole nitrogens is 1. The lowest BCUT2D eigenvalue weighted by Gasteiger charge is -2.30. The summed E-state index contributed by atoms with van der Waals surface area (Å²) in [6.07, 6.45) is 6.11. The van der Waals surface area contributed by atoms with E-state index in [0.717, 1.165) is 42.7 Å². The van der Waals surface area contributed by atoms with Crippen molar-refractivity contribution in [2.24, 2.45) is 5.92 Å². The molecule has 0 aromatic carbocycles. The maximum atomic E-state index is 13.5. The number of piperidine rings is 1. The normalized spacial score (nSPS) is 15.5. The second-order valence-corrected chi connectivity index (χ2v) is 8.64. The SMILES string of the molecule is CCc1c(C(=O)NCc2c(OC)cc(C)[nH]c2=O)c2cncnc2n1C(C)C1CCNCC1. The molecule has 0 saturated carbocycles. The minimum absolute atomic E-state index is 0.0605. The van der Waals surface area contributed by atoms with Gasteiger partial charge < -0.3 is 24.9 Å². The summed E-state index contributed by atoms with van der Waals surface area (Å²) in [5, 5.41) is 7.09. The summed E-state index contributed by atoms with van der Waals surface area (Å²) in [6, 6.07) is 1.96. The van der Waals surface area contributed by atoms with E-state index < -0.39 is 0 Å². The van der Waals surface area contributed by atoms with Crippen molar-refractivity contribution >= 4 is 16.9 Å². The third-order valence-electron chi connectivity index (χ3n) is 6.68. The fourth-order valence-electron chi connectivity index (χ4n) is 4.96. The van der Waals surface area contributed by atoms with Crippen molar-refractivity contribution in [3.05, 3.63) is 51.5 Å². The number of hydrogen-bond acceptors (Lipinski definition) is 6. The number of aromatic amines is 1. The van der Waals surface area contributed by atoms with Crippen LogP contribution in [-0.2, 0) is 13.0 Å². The molecule has 1 amide bonds. The Labute approximate surface area is 193 Å². The number of carbonyl (C=O) groups excluding carboxylic acids is 1. The lowest BCUT2D eigenvalue weighted by molar-refractivity contribution is 0.0950. The predicted molar refractivity (Wildman–Crippen MR) is 127 cm³/mol. The number of amides is 1. The van der Waals surface area contributed by atoms with Crippen molar-refractivity contribution in [3.8, 4) is 5.75 Å². The molecular weight excluding hydrogens is 420 g/mol. The van der Waals surface area contributed by atoms with Crippen LogP contribution in [0.1, 0.15) is 60.0 Å². The number of aromatic nitrogens is 4. The Hall–Kier alpha value is -3.20. The van der Waals surface area contributed by atoms with Crippen LogP contribution in [0.3, 0.4) is 0 Å². The number of fused-ring (bicyclic) bond motifs is 1. The lowest BCUT2D eigenvalue weighted by Crippen LogP contribution is -2.32. The van der Waals surface area contributed by atoms with Crippen molar-refractivity contribution in [1.29, 1.82) is 0 Å². The smallest absolute Gasteiger partial charge is 0.256 e. The fourth-order valence-corrected chi connectivity index (χ4v) is 4.96. The van der Waals surface area contributed by atoms with Gasteiger partial charge in [-0.1, -0.05) is 6.92 Å².